The van der Waals surface area contributed by atoms with Crippen LogP contribution >= 0.6 is 11.3 Å². The van der Waals surface area contributed by atoms with Gasteiger partial charge in [0.1, 0.15) is 0 Å². The Morgan fingerprint density at radius 1 is 1.50 bits per heavy atom. The SMILES string of the molecule is CC(CNC(=O)CCC1CCCO1)c1nc2ccccc2s1. The van der Waals surface area contributed by atoms with E-state index in [1.54, 1.807) is 11.3 Å². The molecule has 0 bridgehead atoms. The summed E-state index contributed by atoms with van der Waals surface area (Å²) in [5.41, 5.74) is 1.04. The lowest BCUT2D eigenvalue weighted by Gasteiger charge is -2.12. The normalized spacial score (nSPS) is 19.4. The van der Waals surface area contributed by atoms with Crippen LogP contribution in [-0.2, 0) is 9.53 Å². The van der Waals surface area contributed by atoms with E-state index >= 15 is 0 Å². The monoisotopic (exact) mass is 318 g/mol. The van der Waals surface area contributed by atoms with Gasteiger partial charge in [-0.1, -0.05) is 19.1 Å². The van der Waals surface area contributed by atoms with E-state index in [1.165, 1.54) is 4.70 Å². The van der Waals surface area contributed by atoms with Crippen LogP contribution < -0.4 is 5.32 Å². The van der Waals surface area contributed by atoms with Gasteiger partial charge in [-0.15, -0.1) is 11.3 Å². The highest BCUT2D eigenvalue weighted by molar-refractivity contribution is 7.18. The Hall–Kier alpha value is -1.46. The van der Waals surface area contributed by atoms with Crippen LogP contribution in [0.3, 0.4) is 0 Å². The Labute approximate surface area is 134 Å². The highest BCUT2D eigenvalue weighted by Gasteiger charge is 2.17. The summed E-state index contributed by atoms with van der Waals surface area (Å²) >= 11 is 1.71. The molecule has 1 N–H and O–H groups in total. The average Bonchev–Trinajstić information content (AvgIpc) is 3.19. The molecule has 0 spiro atoms. The summed E-state index contributed by atoms with van der Waals surface area (Å²) in [4.78, 5) is 16.6. The number of carbonyl (C=O) groups is 1. The molecule has 3 rings (SSSR count). The zero-order valence-electron chi connectivity index (χ0n) is 12.9. The van der Waals surface area contributed by atoms with E-state index in [1.807, 2.05) is 18.2 Å². The molecular formula is C17H22N2O2S. The number of nitrogens with zero attached hydrogens (tertiary/aromatic N) is 1. The Bertz CT molecular complexity index is 601. The molecule has 0 radical (unpaired) electrons. The quantitative estimate of drug-likeness (QED) is 0.887. The average molecular weight is 318 g/mol. The van der Waals surface area contributed by atoms with Crippen molar-refractivity contribution in [2.75, 3.05) is 13.2 Å². The van der Waals surface area contributed by atoms with E-state index in [2.05, 4.69) is 23.3 Å². The minimum Gasteiger partial charge on any atom is -0.378 e. The third-order valence-corrected chi connectivity index (χ3v) is 5.32. The second-order valence-electron chi connectivity index (χ2n) is 5.90. The molecule has 0 saturated carbocycles. The van der Waals surface area contributed by atoms with Gasteiger partial charge in [0, 0.05) is 25.5 Å². The molecule has 5 heteroatoms. The van der Waals surface area contributed by atoms with Crippen LogP contribution in [0.15, 0.2) is 24.3 Å². The second kappa shape index (κ2) is 7.20. The molecule has 1 aromatic carbocycles. The van der Waals surface area contributed by atoms with E-state index in [-0.39, 0.29) is 17.9 Å². The lowest BCUT2D eigenvalue weighted by Crippen LogP contribution is -2.28. The second-order valence-corrected chi connectivity index (χ2v) is 6.96. The van der Waals surface area contributed by atoms with Crippen LogP contribution in [0, 0.1) is 0 Å². The largest absolute Gasteiger partial charge is 0.378 e. The number of ether oxygens (including phenoxy) is 1. The first-order valence-corrected chi connectivity index (χ1v) is 8.78. The van der Waals surface area contributed by atoms with Gasteiger partial charge in [-0.25, -0.2) is 4.98 Å². The summed E-state index contributed by atoms with van der Waals surface area (Å²) < 4.78 is 6.75. The van der Waals surface area contributed by atoms with Crippen molar-refractivity contribution in [2.24, 2.45) is 0 Å². The lowest BCUT2D eigenvalue weighted by atomic mass is 10.1. The predicted octanol–water partition coefficient (Wildman–Crippen LogP) is 3.48. The van der Waals surface area contributed by atoms with Gasteiger partial charge in [-0.3, -0.25) is 4.79 Å². The summed E-state index contributed by atoms with van der Waals surface area (Å²) in [7, 11) is 0. The van der Waals surface area contributed by atoms with Gasteiger partial charge >= 0.3 is 0 Å². The highest BCUT2D eigenvalue weighted by atomic mass is 32.1. The molecule has 1 aromatic heterocycles. The summed E-state index contributed by atoms with van der Waals surface area (Å²) in [6.45, 7) is 3.60. The molecule has 2 atom stereocenters. The third kappa shape index (κ3) is 3.84. The number of rotatable bonds is 6. The smallest absolute Gasteiger partial charge is 0.220 e. The topological polar surface area (TPSA) is 51.2 Å². The molecular weight excluding hydrogens is 296 g/mol. The van der Waals surface area contributed by atoms with E-state index in [4.69, 9.17) is 4.74 Å². The molecule has 1 amide bonds. The summed E-state index contributed by atoms with van der Waals surface area (Å²) in [6.07, 6.45) is 3.89. The number of amides is 1. The Morgan fingerprint density at radius 2 is 2.36 bits per heavy atom. The zero-order valence-corrected chi connectivity index (χ0v) is 13.7. The van der Waals surface area contributed by atoms with Crippen molar-refractivity contribution in [3.05, 3.63) is 29.3 Å². The number of nitrogens with one attached hydrogen (secondary N) is 1. The zero-order chi connectivity index (χ0) is 15.4. The standard InChI is InChI=1S/C17H22N2O2S/c1-12(17-19-14-6-2-3-7-15(14)22-17)11-18-16(20)9-8-13-5-4-10-21-13/h2-3,6-7,12-13H,4-5,8-11H2,1H3,(H,18,20). The van der Waals surface area contributed by atoms with Gasteiger partial charge in [0.25, 0.3) is 0 Å². The van der Waals surface area contributed by atoms with Gasteiger partial charge in [0.2, 0.25) is 5.91 Å². The molecule has 2 unspecified atom stereocenters. The molecule has 118 valence electrons. The van der Waals surface area contributed by atoms with Gasteiger partial charge in [-0.05, 0) is 31.4 Å². The van der Waals surface area contributed by atoms with Crippen LogP contribution in [0.25, 0.3) is 10.2 Å². The fourth-order valence-corrected chi connectivity index (χ4v) is 3.73. The third-order valence-electron chi connectivity index (χ3n) is 4.05. The molecule has 22 heavy (non-hydrogen) atoms. The number of para-hydroxylation sites is 1. The van der Waals surface area contributed by atoms with Crippen LogP contribution in [0.4, 0.5) is 0 Å². The molecule has 1 saturated heterocycles. The highest BCUT2D eigenvalue weighted by Crippen LogP contribution is 2.26. The van der Waals surface area contributed by atoms with Crippen molar-refractivity contribution in [3.8, 4) is 0 Å². The Balaban J connectivity index is 1.46. The van der Waals surface area contributed by atoms with Crippen molar-refractivity contribution < 1.29 is 9.53 Å². The Morgan fingerprint density at radius 3 is 3.14 bits per heavy atom. The van der Waals surface area contributed by atoms with E-state index in [0.29, 0.717) is 13.0 Å². The van der Waals surface area contributed by atoms with Crippen molar-refractivity contribution in [1.29, 1.82) is 0 Å². The van der Waals surface area contributed by atoms with E-state index in [0.717, 1.165) is 36.4 Å². The first-order chi connectivity index (χ1) is 10.7. The number of aromatic nitrogens is 1. The van der Waals surface area contributed by atoms with Crippen molar-refractivity contribution >= 4 is 27.5 Å². The predicted molar refractivity (Wildman–Crippen MR) is 89.3 cm³/mol. The minimum absolute atomic E-state index is 0.114. The minimum atomic E-state index is 0.114. The number of hydrogen-bond acceptors (Lipinski definition) is 4. The van der Waals surface area contributed by atoms with Crippen molar-refractivity contribution in [2.45, 2.75) is 44.6 Å². The molecule has 1 fully saturated rings. The molecule has 1 aliphatic rings. The lowest BCUT2D eigenvalue weighted by molar-refractivity contribution is -0.121. The summed E-state index contributed by atoms with van der Waals surface area (Å²) in [6, 6.07) is 8.15. The molecule has 1 aliphatic heterocycles. The number of fused-ring (bicyclic) bond motifs is 1. The summed E-state index contributed by atoms with van der Waals surface area (Å²) in [5, 5.41) is 4.11. The van der Waals surface area contributed by atoms with Gasteiger partial charge in [0.15, 0.2) is 0 Å². The van der Waals surface area contributed by atoms with Gasteiger partial charge in [-0.2, -0.15) is 0 Å². The molecule has 2 aromatic rings. The van der Waals surface area contributed by atoms with Crippen molar-refractivity contribution in [3.63, 3.8) is 0 Å². The fourth-order valence-electron chi connectivity index (χ4n) is 2.71. The van der Waals surface area contributed by atoms with E-state index < -0.39 is 0 Å². The molecule has 0 aliphatic carbocycles. The number of carbonyl (C=O) groups excluding carboxylic acids is 1. The maximum atomic E-state index is 11.9. The van der Waals surface area contributed by atoms with Crippen LogP contribution in [0.5, 0.6) is 0 Å². The van der Waals surface area contributed by atoms with E-state index in [9.17, 15) is 4.79 Å². The van der Waals surface area contributed by atoms with Crippen molar-refractivity contribution in [1.82, 2.24) is 10.3 Å². The maximum absolute atomic E-state index is 11.9. The maximum Gasteiger partial charge on any atom is 0.220 e. The first kappa shape index (κ1) is 15.4. The Kier molecular flexibility index (Phi) is 5.05. The summed E-state index contributed by atoms with van der Waals surface area (Å²) in [5.74, 6) is 0.354. The van der Waals surface area contributed by atoms with Crippen LogP contribution in [0.1, 0.15) is 43.5 Å². The number of thiazole rings is 1. The number of benzene rings is 1. The number of hydrogen-bond donors (Lipinski definition) is 1. The van der Waals surface area contributed by atoms with Crippen LogP contribution in [0.2, 0.25) is 0 Å². The first-order valence-electron chi connectivity index (χ1n) is 7.96. The molecule has 2 heterocycles. The molecule has 4 nitrogen and oxygen atoms in total. The van der Waals surface area contributed by atoms with Gasteiger partial charge in [0.05, 0.1) is 21.3 Å². The fraction of sp³-hybridized carbons (Fsp3) is 0.529. The van der Waals surface area contributed by atoms with Gasteiger partial charge < -0.3 is 10.1 Å². The van der Waals surface area contributed by atoms with Crippen LogP contribution in [-0.4, -0.2) is 30.1 Å².